The van der Waals surface area contributed by atoms with Gasteiger partial charge in [-0.2, -0.15) is 0 Å². The van der Waals surface area contributed by atoms with Gasteiger partial charge in [-0.05, 0) is 38.1 Å². The summed E-state index contributed by atoms with van der Waals surface area (Å²) in [5.74, 6) is 0. The van der Waals surface area contributed by atoms with Gasteiger partial charge in [0.05, 0.1) is 11.4 Å². The van der Waals surface area contributed by atoms with Gasteiger partial charge in [0.25, 0.3) is 0 Å². The number of nitrogens with zero attached hydrogens (tertiary/aromatic N) is 1. The zero-order chi connectivity index (χ0) is 13.1. The molecule has 0 saturated heterocycles. The highest BCUT2D eigenvalue weighted by molar-refractivity contribution is 7.80. The summed E-state index contributed by atoms with van der Waals surface area (Å²) in [5, 5.41) is 3.32. The molecule has 0 amide bonds. The Kier molecular flexibility index (Phi) is 3.58. The molecule has 3 N–H and O–H groups in total. The third-order valence-electron chi connectivity index (χ3n) is 2.72. The molecular formula is C14H15N3S. The third kappa shape index (κ3) is 2.65. The van der Waals surface area contributed by atoms with E-state index in [1.54, 1.807) is 6.20 Å². The first-order valence-electron chi connectivity index (χ1n) is 5.67. The zero-order valence-corrected chi connectivity index (χ0v) is 11.2. The molecule has 0 aliphatic carbocycles. The number of thiocarbonyl (C=S) groups is 1. The molecule has 0 aliphatic heterocycles. The van der Waals surface area contributed by atoms with Gasteiger partial charge < -0.3 is 11.1 Å². The fourth-order valence-corrected chi connectivity index (χ4v) is 1.90. The molecule has 2 rings (SSSR count). The molecule has 2 aromatic rings. The highest BCUT2D eigenvalue weighted by atomic mass is 32.1. The van der Waals surface area contributed by atoms with E-state index in [1.807, 2.05) is 44.2 Å². The Hall–Kier alpha value is -1.94. The molecule has 18 heavy (non-hydrogen) atoms. The Morgan fingerprint density at radius 2 is 2.00 bits per heavy atom. The maximum Gasteiger partial charge on any atom is 0.106 e. The minimum Gasteiger partial charge on any atom is -0.389 e. The van der Waals surface area contributed by atoms with E-state index in [1.165, 1.54) is 0 Å². The number of nitrogens with one attached hydrogen (secondary N) is 1. The topological polar surface area (TPSA) is 50.9 Å². The number of rotatable bonds is 3. The van der Waals surface area contributed by atoms with Gasteiger partial charge in [0, 0.05) is 17.4 Å². The molecular weight excluding hydrogens is 242 g/mol. The summed E-state index contributed by atoms with van der Waals surface area (Å²) >= 11 is 5.08. The second-order valence-corrected chi connectivity index (χ2v) is 4.61. The van der Waals surface area contributed by atoms with Crippen molar-refractivity contribution in [2.45, 2.75) is 13.8 Å². The van der Waals surface area contributed by atoms with Crippen molar-refractivity contribution < 1.29 is 0 Å². The van der Waals surface area contributed by atoms with E-state index < -0.39 is 0 Å². The smallest absolute Gasteiger partial charge is 0.106 e. The second kappa shape index (κ2) is 5.14. The van der Waals surface area contributed by atoms with Crippen LogP contribution in [0.4, 0.5) is 11.4 Å². The van der Waals surface area contributed by atoms with Gasteiger partial charge >= 0.3 is 0 Å². The third-order valence-corrected chi connectivity index (χ3v) is 2.94. The maximum absolute atomic E-state index is 5.75. The number of aromatic nitrogens is 1. The van der Waals surface area contributed by atoms with Crippen LogP contribution >= 0.6 is 12.2 Å². The Morgan fingerprint density at radius 3 is 2.67 bits per heavy atom. The highest BCUT2D eigenvalue weighted by Gasteiger charge is 2.07. The SMILES string of the molecule is Cc1ccc(Nc2cccnc2C)c(C(N)=S)c1. The van der Waals surface area contributed by atoms with Crippen molar-refractivity contribution in [3.05, 3.63) is 53.3 Å². The maximum atomic E-state index is 5.75. The normalized spacial score (nSPS) is 10.1. The quantitative estimate of drug-likeness (QED) is 0.830. The van der Waals surface area contributed by atoms with Crippen molar-refractivity contribution in [1.82, 2.24) is 4.98 Å². The lowest BCUT2D eigenvalue weighted by molar-refractivity contribution is 1.20. The molecule has 1 heterocycles. The van der Waals surface area contributed by atoms with Crippen molar-refractivity contribution in [2.75, 3.05) is 5.32 Å². The average Bonchev–Trinajstić information content (AvgIpc) is 2.34. The first kappa shape index (κ1) is 12.5. The second-order valence-electron chi connectivity index (χ2n) is 4.17. The molecule has 0 radical (unpaired) electrons. The van der Waals surface area contributed by atoms with Crippen LogP contribution in [0, 0.1) is 13.8 Å². The van der Waals surface area contributed by atoms with Crippen LogP contribution in [0.2, 0.25) is 0 Å². The van der Waals surface area contributed by atoms with Crippen LogP contribution in [0.5, 0.6) is 0 Å². The number of benzene rings is 1. The van der Waals surface area contributed by atoms with Crippen LogP contribution in [-0.4, -0.2) is 9.97 Å². The predicted molar refractivity (Wildman–Crippen MR) is 79.3 cm³/mol. The van der Waals surface area contributed by atoms with Gasteiger partial charge in [-0.3, -0.25) is 4.98 Å². The molecule has 0 saturated carbocycles. The van der Waals surface area contributed by atoms with Gasteiger partial charge in [-0.15, -0.1) is 0 Å². The summed E-state index contributed by atoms with van der Waals surface area (Å²) in [4.78, 5) is 4.63. The van der Waals surface area contributed by atoms with Crippen LogP contribution in [-0.2, 0) is 0 Å². The first-order chi connectivity index (χ1) is 8.58. The lowest BCUT2D eigenvalue weighted by Gasteiger charge is -2.13. The van der Waals surface area contributed by atoms with Crippen LogP contribution < -0.4 is 11.1 Å². The molecule has 0 spiro atoms. The first-order valence-corrected chi connectivity index (χ1v) is 6.08. The van der Waals surface area contributed by atoms with Crippen molar-refractivity contribution in [1.29, 1.82) is 0 Å². The van der Waals surface area contributed by atoms with E-state index in [2.05, 4.69) is 10.3 Å². The number of hydrogen-bond donors (Lipinski definition) is 2. The largest absolute Gasteiger partial charge is 0.389 e. The molecule has 4 heteroatoms. The number of aryl methyl sites for hydroxylation is 2. The van der Waals surface area contributed by atoms with E-state index in [0.717, 1.165) is 28.2 Å². The van der Waals surface area contributed by atoms with Gasteiger partial charge in [0.1, 0.15) is 4.99 Å². The molecule has 0 bridgehead atoms. The number of nitrogens with two attached hydrogens (primary N) is 1. The number of anilines is 2. The highest BCUT2D eigenvalue weighted by Crippen LogP contribution is 2.23. The fourth-order valence-electron chi connectivity index (χ4n) is 1.73. The standard InChI is InChI=1S/C14H15N3S/c1-9-5-6-13(11(8-9)14(15)18)17-12-4-3-7-16-10(12)2/h3-8,17H,1-2H3,(H2,15,18). The van der Waals surface area contributed by atoms with E-state index in [0.29, 0.717) is 4.99 Å². The molecule has 0 fully saturated rings. The Labute approximate surface area is 112 Å². The summed E-state index contributed by atoms with van der Waals surface area (Å²) in [6.07, 6.45) is 1.77. The summed E-state index contributed by atoms with van der Waals surface area (Å²) < 4.78 is 0. The van der Waals surface area contributed by atoms with Gasteiger partial charge in [0.2, 0.25) is 0 Å². The molecule has 0 aliphatic rings. The molecule has 0 atom stereocenters. The summed E-state index contributed by atoms with van der Waals surface area (Å²) in [7, 11) is 0. The molecule has 3 nitrogen and oxygen atoms in total. The summed E-state index contributed by atoms with van der Waals surface area (Å²) in [6, 6.07) is 9.86. The molecule has 1 aromatic heterocycles. The minimum atomic E-state index is 0.391. The molecule has 92 valence electrons. The van der Waals surface area contributed by atoms with Crippen molar-refractivity contribution in [2.24, 2.45) is 5.73 Å². The van der Waals surface area contributed by atoms with E-state index in [9.17, 15) is 0 Å². The lowest BCUT2D eigenvalue weighted by Crippen LogP contribution is -2.12. The summed E-state index contributed by atoms with van der Waals surface area (Å²) in [5.41, 5.74) is 10.5. The van der Waals surface area contributed by atoms with Crippen molar-refractivity contribution >= 4 is 28.6 Å². The van der Waals surface area contributed by atoms with Gasteiger partial charge in [0.15, 0.2) is 0 Å². The lowest BCUT2D eigenvalue weighted by atomic mass is 10.1. The van der Waals surface area contributed by atoms with Crippen molar-refractivity contribution in [3.8, 4) is 0 Å². The van der Waals surface area contributed by atoms with Crippen LogP contribution in [0.1, 0.15) is 16.8 Å². The predicted octanol–water partition coefficient (Wildman–Crippen LogP) is 3.08. The summed E-state index contributed by atoms with van der Waals surface area (Å²) in [6.45, 7) is 3.97. The van der Waals surface area contributed by atoms with Crippen LogP contribution in [0.15, 0.2) is 36.5 Å². The Balaban J connectivity index is 2.41. The van der Waals surface area contributed by atoms with Crippen LogP contribution in [0.3, 0.4) is 0 Å². The van der Waals surface area contributed by atoms with E-state index in [4.69, 9.17) is 18.0 Å². The fraction of sp³-hybridized carbons (Fsp3) is 0.143. The van der Waals surface area contributed by atoms with E-state index >= 15 is 0 Å². The number of hydrogen-bond acceptors (Lipinski definition) is 3. The Morgan fingerprint density at radius 1 is 1.22 bits per heavy atom. The Bertz CT molecular complexity index is 593. The van der Waals surface area contributed by atoms with Gasteiger partial charge in [-0.1, -0.05) is 23.8 Å². The monoisotopic (exact) mass is 257 g/mol. The number of pyridine rings is 1. The average molecular weight is 257 g/mol. The van der Waals surface area contributed by atoms with Gasteiger partial charge in [-0.25, -0.2) is 0 Å². The van der Waals surface area contributed by atoms with Crippen molar-refractivity contribution in [3.63, 3.8) is 0 Å². The molecule has 1 aromatic carbocycles. The zero-order valence-electron chi connectivity index (χ0n) is 10.4. The minimum absolute atomic E-state index is 0.391. The van der Waals surface area contributed by atoms with E-state index in [-0.39, 0.29) is 0 Å². The molecule has 0 unspecified atom stereocenters. The van der Waals surface area contributed by atoms with Crippen LogP contribution in [0.25, 0.3) is 0 Å².